The van der Waals surface area contributed by atoms with E-state index in [2.05, 4.69) is 26.3 Å². The standard InChI is InChI=1S/C17H13BrFN3O2/c1-17(12-5-3-2-4-6-12)15(23)22(16(24)21-17)20-10-11-7-8-14(19)13(18)9-11/h2-10H,1H3,(H,21,24)/b20-10-/t17-/m1/s1. The number of rotatable bonds is 3. The third kappa shape index (κ3) is 2.82. The van der Waals surface area contributed by atoms with Crippen LogP contribution in [0.5, 0.6) is 0 Å². The molecule has 1 fully saturated rings. The van der Waals surface area contributed by atoms with E-state index in [9.17, 15) is 14.0 Å². The van der Waals surface area contributed by atoms with E-state index in [-0.39, 0.29) is 4.47 Å². The lowest BCUT2D eigenvalue weighted by Crippen LogP contribution is -2.40. The zero-order chi connectivity index (χ0) is 17.3. The molecule has 0 aromatic heterocycles. The Balaban J connectivity index is 1.87. The zero-order valence-electron chi connectivity index (χ0n) is 12.7. The van der Waals surface area contributed by atoms with Crippen LogP contribution in [0, 0.1) is 5.82 Å². The van der Waals surface area contributed by atoms with Crippen LogP contribution in [-0.4, -0.2) is 23.2 Å². The van der Waals surface area contributed by atoms with Gasteiger partial charge in [-0.3, -0.25) is 4.79 Å². The van der Waals surface area contributed by atoms with Crippen molar-refractivity contribution < 1.29 is 14.0 Å². The Hall–Kier alpha value is -2.54. The van der Waals surface area contributed by atoms with E-state index in [1.54, 1.807) is 31.2 Å². The van der Waals surface area contributed by atoms with E-state index in [1.165, 1.54) is 24.4 Å². The smallest absolute Gasteiger partial charge is 0.318 e. The number of nitrogens with zero attached hydrogens (tertiary/aromatic N) is 2. The largest absolute Gasteiger partial charge is 0.346 e. The van der Waals surface area contributed by atoms with Crippen LogP contribution in [0.25, 0.3) is 0 Å². The lowest BCUT2D eigenvalue weighted by molar-refractivity contribution is -0.131. The minimum Gasteiger partial charge on any atom is -0.318 e. The average Bonchev–Trinajstić information content (AvgIpc) is 2.80. The van der Waals surface area contributed by atoms with Crippen molar-refractivity contribution in [1.82, 2.24) is 10.3 Å². The van der Waals surface area contributed by atoms with Crippen LogP contribution >= 0.6 is 15.9 Å². The van der Waals surface area contributed by atoms with Crippen molar-refractivity contribution in [2.45, 2.75) is 12.5 Å². The summed E-state index contributed by atoms with van der Waals surface area (Å²) in [6.45, 7) is 1.63. The molecule has 1 atom stereocenters. The van der Waals surface area contributed by atoms with Crippen LogP contribution in [0.4, 0.5) is 9.18 Å². The van der Waals surface area contributed by atoms with Crippen LogP contribution in [0.2, 0.25) is 0 Å². The topological polar surface area (TPSA) is 61.8 Å². The van der Waals surface area contributed by atoms with Crippen molar-refractivity contribution in [2.24, 2.45) is 5.10 Å². The van der Waals surface area contributed by atoms with Gasteiger partial charge in [-0.25, -0.2) is 9.18 Å². The summed E-state index contributed by atoms with van der Waals surface area (Å²) in [7, 11) is 0. The van der Waals surface area contributed by atoms with Gasteiger partial charge < -0.3 is 5.32 Å². The van der Waals surface area contributed by atoms with Gasteiger partial charge in [-0.05, 0) is 46.1 Å². The van der Waals surface area contributed by atoms with E-state index in [0.717, 1.165) is 5.01 Å². The number of nitrogens with one attached hydrogen (secondary N) is 1. The minimum atomic E-state index is -1.17. The number of hydrogen-bond acceptors (Lipinski definition) is 3. The molecule has 7 heteroatoms. The summed E-state index contributed by atoms with van der Waals surface area (Å²) in [5.74, 6) is -0.880. The fourth-order valence-electron chi connectivity index (χ4n) is 2.41. The quantitative estimate of drug-likeness (QED) is 0.645. The van der Waals surface area contributed by atoms with Gasteiger partial charge in [-0.1, -0.05) is 36.4 Å². The molecule has 0 unspecified atom stereocenters. The first-order valence-corrected chi connectivity index (χ1v) is 7.92. The van der Waals surface area contributed by atoms with E-state index in [4.69, 9.17) is 0 Å². The predicted molar refractivity (Wildman–Crippen MR) is 90.9 cm³/mol. The first-order valence-electron chi connectivity index (χ1n) is 7.13. The van der Waals surface area contributed by atoms with Gasteiger partial charge in [0.25, 0.3) is 5.91 Å². The molecule has 2 aromatic carbocycles. The summed E-state index contributed by atoms with van der Waals surface area (Å²) in [4.78, 5) is 24.8. The van der Waals surface area contributed by atoms with Gasteiger partial charge in [0.1, 0.15) is 11.4 Å². The molecular weight excluding hydrogens is 377 g/mol. The maximum atomic E-state index is 13.2. The van der Waals surface area contributed by atoms with Crippen molar-refractivity contribution in [2.75, 3.05) is 0 Å². The Labute approximate surface area is 146 Å². The highest BCUT2D eigenvalue weighted by molar-refractivity contribution is 9.10. The van der Waals surface area contributed by atoms with Crippen molar-refractivity contribution in [3.63, 3.8) is 0 Å². The molecule has 3 amide bonds. The summed E-state index contributed by atoms with van der Waals surface area (Å²) in [6, 6.07) is 12.6. The number of hydrogen-bond donors (Lipinski definition) is 1. The van der Waals surface area contributed by atoms with E-state index in [1.807, 2.05) is 6.07 Å². The van der Waals surface area contributed by atoms with E-state index in [0.29, 0.717) is 11.1 Å². The lowest BCUT2D eigenvalue weighted by atomic mass is 9.92. The minimum absolute atomic E-state index is 0.276. The number of benzene rings is 2. The summed E-state index contributed by atoms with van der Waals surface area (Å²) in [5.41, 5.74) is 0.0572. The third-order valence-electron chi connectivity index (χ3n) is 3.79. The van der Waals surface area contributed by atoms with Crippen molar-refractivity contribution in [1.29, 1.82) is 0 Å². The van der Waals surface area contributed by atoms with E-state index >= 15 is 0 Å². The summed E-state index contributed by atoms with van der Waals surface area (Å²) in [6.07, 6.45) is 1.33. The second-order valence-corrected chi connectivity index (χ2v) is 6.31. The first-order chi connectivity index (χ1) is 11.4. The van der Waals surface area contributed by atoms with Crippen LogP contribution in [0.15, 0.2) is 58.1 Å². The number of carbonyl (C=O) groups excluding carboxylic acids is 2. The van der Waals surface area contributed by atoms with Gasteiger partial charge in [-0.15, -0.1) is 5.01 Å². The maximum absolute atomic E-state index is 13.2. The van der Waals surface area contributed by atoms with Gasteiger partial charge in [-0.2, -0.15) is 5.10 Å². The maximum Gasteiger partial charge on any atom is 0.346 e. The Morgan fingerprint density at radius 1 is 1.21 bits per heavy atom. The van der Waals surface area contributed by atoms with Gasteiger partial charge >= 0.3 is 6.03 Å². The normalized spacial score (nSPS) is 20.7. The molecule has 1 saturated heterocycles. The van der Waals surface area contributed by atoms with E-state index < -0.39 is 23.3 Å². The molecular formula is C17H13BrFN3O2. The summed E-state index contributed by atoms with van der Waals surface area (Å²) in [5, 5.41) is 7.39. The highest BCUT2D eigenvalue weighted by Gasteiger charge is 2.49. The highest BCUT2D eigenvalue weighted by Crippen LogP contribution is 2.28. The number of halogens is 2. The molecule has 1 aliphatic rings. The number of amides is 3. The number of urea groups is 1. The number of imide groups is 1. The predicted octanol–water partition coefficient (Wildman–Crippen LogP) is 3.39. The second kappa shape index (κ2) is 6.16. The van der Waals surface area contributed by atoms with Crippen LogP contribution < -0.4 is 5.32 Å². The second-order valence-electron chi connectivity index (χ2n) is 5.46. The Kier molecular flexibility index (Phi) is 4.19. The molecule has 3 rings (SSSR count). The number of carbonyl (C=O) groups is 2. The first kappa shape index (κ1) is 16.3. The average molecular weight is 390 g/mol. The van der Waals surface area contributed by atoms with Gasteiger partial charge in [0.15, 0.2) is 0 Å². The molecule has 24 heavy (non-hydrogen) atoms. The van der Waals surface area contributed by atoms with Crippen LogP contribution in [-0.2, 0) is 10.3 Å². The molecule has 5 nitrogen and oxygen atoms in total. The number of hydrazone groups is 1. The van der Waals surface area contributed by atoms with Gasteiger partial charge in [0.05, 0.1) is 10.7 Å². The molecule has 0 bridgehead atoms. The lowest BCUT2D eigenvalue weighted by Gasteiger charge is -2.20. The molecule has 2 aromatic rings. The van der Waals surface area contributed by atoms with Crippen molar-refractivity contribution >= 4 is 34.1 Å². The molecule has 0 aliphatic carbocycles. The molecule has 1 N–H and O–H groups in total. The van der Waals surface area contributed by atoms with Crippen molar-refractivity contribution in [3.05, 3.63) is 69.9 Å². The van der Waals surface area contributed by atoms with Crippen LogP contribution in [0.3, 0.4) is 0 Å². The summed E-state index contributed by atoms with van der Waals surface area (Å²) < 4.78 is 13.5. The van der Waals surface area contributed by atoms with Gasteiger partial charge in [0.2, 0.25) is 0 Å². The zero-order valence-corrected chi connectivity index (χ0v) is 14.2. The Morgan fingerprint density at radius 3 is 2.58 bits per heavy atom. The fourth-order valence-corrected chi connectivity index (χ4v) is 2.81. The van der Waals surface area contributed by atoms with Crippen molar-refractivity contribution in [3.8, 4) is 0 Å². The molecule has 0 radical (unpaired) electrons. The monoisotopic (exact) mass is 389 g/mol. The Morgan fingerprint density at radius 2 is 1.92 bits per heavy atom. The third-order valence-corrected chi connectivity index (χ3v) is 4.39. The molecule has 0 spiro atoms. The molecule has 122 valence electrons. The highest BCUT2D eigenvalue weighted by atomic mass is 79.9. The Bertz CT molecular complexity index is 841. The fraction of sp³-hybridized carbons (Fsp3) is 0.118. The summed E-state index contributed by atoms with van der Waals surface area (Å²) >= 11 is 3.08. The molecule has 1 heterocycles. The molecule has 1 aliphatic heterocycles. The van der Waals surface area contributed by atoms with Crippen LogP contribution in [0.1, 0.15) is 18.1 Å². The SMILES string of the molecule is C[C@]1(c2ccccc2)NC(=O)N(/N=C\c2ccc(F)c(Br)c2)C1=O. The molecule has 0 saturated carbocycles. The van der Waals surface area contributed by atoms with Gasteiger partial charge in [0, 0.05) is 0 Å².